The zero-order chi connectivity index (χ0) is 22.5. The van der Waals surface area contributed by atoms with E-state index in [4.69, 9.17) is 9.47 Å². The standard InChI is InChI=1S/C23H25FN2O5/c1-13(2)31-22(28)12-19(14-4-7-16(30-3)8-5-14)26-23(29)18-11-21(27)25-20-10-15(24)6-9-17(18)20/h4-10,13,18-19H,11-12H2,1-3H3,(H,25,27)(H,26,29)/t18-,19+/m0/s1. The third-order valence-corrected chi connectivity index (χ3v) is 4.94. The number of anilines is 1. The van der Waals surface area contributed by atoms with Crippen molar-refractivity contribution in [3.05, 3.63) is 59.4 Å². The van der Waals surface area contributed by atoms with Crippen molar-refractivity contribution in [1.82, 2.24) is 5.32 Å². The molecule has 2 aromatic carbocycles. The van der Waals surface area contributed by atoms with Gasteiger partial charge in [0.05, 0.1) is 31.6 Å². The number of fused-ring (bicyclic) bond motifs is 1. The molecular formula is C23H25FN2O5. The average Bonchev–Trinajstić information content (AvgIpc) is 2.71. The average molecular weight is 428 g/mol. The summed E-state index contributed by atoms with van der Waals surface area (Å²) in [6.45, 7) is 3.49. The molecule has 31 heavy (non-hydrogen) atoms. The molecule has 164 valence electrons. The van der Waals surface area contributed by atoms with Gasteiger partial charge in [0.15, 0.2) is 0 Å². The maximum Gasteiger partial charge on any atom is 0.308 e. The molecule has 2 atom stereocenters. The molecule has 0 aliphatic carbocycles. The molecule has 2 amide bonds. The van der Waals surface area contributed by atoms with Gasteiger partial charge in [0, 0.05) is 12.1 Å². The molecule has 7 nitrogen and oxygen atoms in total. The van der Waals surface area contributed by atoms with Gasteiger partial charge in [0.2, 0.25) is 11.8 Å². The zero-order valence-electron chi connectivity index (χ0n) is 17.6. The van der Waals surface area contributed by atoms with E-state index in [0.29, 0.717) is 16.9 Å². The monoisotopic (exact) mass is 428 g/mol. The highest BCUT2D eigenvalue weighted by molar-refractivity contribution is 6.01. The van der Waals surface area contributed by atoms with Crippen molar-refractivity contribution in [3.63, 3.8) is 0 Å². The SMILES string of the molecule is COc1ccc([C@@H](CC(=O)OC(C)C)NC(=O)[C@H]2CC(=O)Nc3cc(F)ccc32)cc1. The smallest absolute Gasteiger partial charge is 0.308 e. The number of methoxy groups -OCH3 is 1. The minimum atomic E-state index is -0.800. The summed E-state index contributed by atoms with van der Waals surface area (Å²) in [5.41, 5.74) is 1.49. The first-order chi connectivity index (χ1) is 14.8. The lowest BCUT2D eigenvalue weighted by Crippen LogP contribution is -2.38. The molecule has 1 heterocycles. The highest BCUT2D eigenvalue weighted by atomic mass is 19.1. The van der Waals surface area contributed by atoms with Gasteiger partial charge in [-0.05, 0) is 49.2 Å². The Morgan fingerprint density at radius 2 is 1.90 bits per heavy atom. The van der Waals surface area contributed by atoms with Crippen molar-refractivity contribution in [1.29, 1.82) is 0 Å². The first kappa shape index (κ1) is 22.3. The minimum absolute atomic E-state index is 0.0732. The third-order valence-electron chi connectivity index (χ3n) is 4.94. The first-order valence-electron chi connectivity index (χ1n) is 10.00. The number of carbonyl (C=O) groups excluding carboxylic acids is 3. The quantitative estimate of drug-likeness (QED) is 0.659. The van der Waals surface area contributed by atoms with Crippen LogP contribution in [0, 0.1) is 5.82 Å². The summed E-state index contributed by atoms with van der Waals surface area (Å²) in [5.74, 6) is -1.93. The summed E-state index contributed by atoms with van der Waals surface area (Å²) < 4.78 is 24.0. The summed E-state index contributed by atoms with van der Waals surface area (Å²) in [4.78, 5) is 37.5. The van der Waals surface area contributed by atoms with Crippen LogP contribution in [0.4, 0.5) is 10.1 Å². The topological polar surface area (TPSA) is 93.7 Å². The van der Waals surface area contributed by atoms with Crippen LogP contribution in [0.25, 0.3) is 0 Å². The number of hydrogen-bond donors (Lipinski definition) is 2. The van der Waals surface area contributed by atoms with Crippen molar-refractivity contribution in [3.8, 4) is 5.75 Å². The van der Waals surface area contributed by atoms with Crippen molar-refractivity contribution in [2.24, 2.45) is 0 Å². The lowest BCUT2D eigenvalue weighted by molar-refractivity contribution is -0.148. The van der Waals surface area contributed by atoms with E-state index in [0.717, 1.165) is 0 Å². The van der Waals surface area contributed by atoms with E-state index in [9.17, 15) is 18.8 Å². The number of benzene rings is 2. The highest BCUT2D eigenvalue weighted by Crippen LogP contribution is 2.34. The Balaban J connectivity index is 1.85. The summed E-state index contributed by atoms with van der Waals surface area (Å²) >= 11 is 0. The van der Waals surface area contributed by atoms with Crippen LogP contribution < -0.4 is 15.4 Å². The molecule has 1 aliphatic heterocycles. The molecule has 0 unspecified atom stereocenters. The highest BCUT2D eigenvalue weighted by Gasteiger charge is 2.32. The van der Waals surface area contributed by atoms with Gasteiger partial charge >= 0.3 is 5.97 Å². The number of nitrogens with one attached hydrogen (secondary N) is 2. The molecule has 0 bridgehead atoms. The molecule has 0 fully saturated rings. The van der Waals surface area contributed by atoms with Gasteiger partial charge in [-0.3, -0.25) is 14.4 Å². The Labute approximate surface area is 179 Å². The number of rotatable bonds is 7. The molecule has 1 aliphatic rings. The lowest BCUT2D eigenvalue weighted by Gasteiger charge is -2.27. The van der Waals surface area contributed by atoms with Gasteiger partial charge in [-0.15, -0.1) is 0 Å². The van der Waals surface area contributed by atoms with E-state index in [2.05, 4.69) is 10.6 Å². The summed E-state index contributed by atoms with van der Waals surface area (Å²) in [6, 6.07) is 10.2. The third kappa shape index (κ3) is 5.59. The second kappa shape index (κ2) is 9.59. The maximum atomic E-state index is 13.6. The second-order valence-electron chi connectivity index (χ2n) is 7.61. The number of ether oxygens (including phenoxy) is 2. The normalized spacial score (nSPS) is 16.2. The molecule has 0 saturated carbocycles. The minimum Gasteiger partial charge on any atom is -0.497 e. The van der Waals surface area contributed by atoms with Gasteiger partial charge in [0.1, 0.15) is 11.6 Å². The van der Waals surface area contributed by atoms with E-state index in [-0.39, 0.29) is 30.5 Å². The zero-order valence-corrected chi connectivity index (χ0v) is 17.6. The Morgan fingerprint density at radius 3 is 2.55 bits per heavy atom. The molecule has 8 heteroatoms. The van der Waals surface area contributed by atoms with Crippen LogP contribution in [-0.4, -0.2) is 31.0 Å². The van der Waals surface area contributed by atoms with E-state index in [1.165, 1.54) is 18.2 Å². The molecule has 0 aromatic heterocycles. The van der Waals surface area contributed by atoms with E-state index in [1.807, 2.05) is 0 Å². The fourth-order valence-electron chi connectivity index (χ4n) is 3.51. The van der Waals surface area contributed by atoms with Crippen LogP contribution in [0.2, 0.25) is 0 Å². The molecule has 2 N–H and O–H groups in total. The van der Waals surface area contributed by atoms with Crippen molar-refractivity contribution in [2.45, 2.75) is 44.8 Å². The van der Waals surface area contributed by atoms with Gasteiger partial charge in [-0.2, -0.15) is 0 Å². The fraction of sp³-hybridized carbons (Fsp3) is 0.348. The number of hydrogen-bond acceptors (Lipinski definition) is 5. The summed E-state index contributed by atoms with van der Waals surface area (Å²) in [7, 11) is 1.54. The van der Waals surface area contributed by atoms with E-state index < -0.39 is 29.7 Å². The van der Waals surface area contributed by atoms with Gasteiger partial charge in [0.25, 0.3) is 0 Å². The van der Waals surface area contributed by atoms with Crippen molar-refractivity contribution < 1.29 is 28.2 Å². The molecule has 2 aromatic rings. The van der Waals surface area contributed by atoms with Crippen LogP contribution in [-0.2, 0) is 19.1 Å². The molecule has 3 rings (SSSR count). The number of esters is 1. The van der Waals surface area contributed by atoms with Crippen molar-refractivity contribution in [2.75, 3.05) is 12.4 Å². The molecule has 0 spiro atoms. The van der Waals surface area contributed by atoms with Crippen LogP contribution in [0.15, 0.2) is 42.5 Å². The summed E-state index contributed by atoms with van der Waals surface area (Å²) in [6.07, 6.45) is -0.440. The van der Waals surface area contributed by atoms with E-state index in [1.54, 1.807) is 45.2 Å². The molecular weight excluding hydrogens is 403 g/mol. The number of halogens is 1. The second-order valence-corrected chi connectivity index (χ2v) is 7.61. The lowest BCUT2D eigenvalue weighted by atomic mass is 9.89. The van der Waals surface area contributed by atoms with Crippen LogP contribution in [0.3, 0.4) is 0 Å². The number of carbonyl (C=O) groups is 3. The van der Waals surface area contributed by atoms with Gasteiger partial charge in [-0.25, -0.2) is 4.39 Å². The predicted molar refractivity (Wildman–Crippen MR) is 112 cm³/mol. The Hall–Kier alpha value is -3.42. The van der Waals surface area contributed by atoms with Crippen LogP contribution in [0.1, 0.15) is 49.8 Å². The first-order valence-corrected chi connectivity index (χ1v) is 10.00. The van der Waals surface area contributed by atoms with Crippen molar-refractivity contribution >= 4 is 23.5 Å². The fourth-order valence-corrected chi connectivity index (χ4v) is 3.51. The van der Waals surface area contributed by atoms with E-state index >= 15 is 0 Å². The predicted octanol–water partition coefficient (Wildman–Crippen LogP) is 3.46. The maximum absolute atomic E-state index is 13.6. The molecule has 0 saturated heterocycles. The Kier molecular flexibility index (Phi) is 6.89. The van der Waals surface area contributed by atoms with Gasteiger partial charge in [-0.1, -0.05) is 18.2 Å². The van der Waals surface area contributed by atoms with Crippen LogP contribution >= 0.6 is 0 Å². The van der Waals surface area contributed by atoms with Crippen LogP contribution in [0.5, 0.6) is 5.75 Å². The number of amides is 2. The summed E-state index contributed by atoms with van der Waals surface area (Å²) in [5, 5.41) is 5.46. The Bertz CT molecular complexity index is 974. The Morgan fingerprint density at radius 1 is 1.19 bits per heavy atom. The largest absolute Gasteiger partial charge is 0.497 e. The molecule has 0 radical (unpaired) electrons. The van der Waals surface area contributed by atoms with Gasteiger partial charge < -0.3 is 20.1 Å².